The molecular formula is C20H26O. The normalized spacial score (nSPS) is 61.9. The molecule has 1 nitrogen and oxygen atoms in total. The average Bonchev–Trinajstić information content (AvgIpc) is 3.26. The van der Waals surface area contributed by atoms with Crippen molar-refractivity contribution in [2.24, 2.45) is 47.3 Å². The first-order chi connectivity index (χ1) is 10.4. The second kappa shape index (κ2) is 4.04. The predicted molar refractivity (Wildman–Crippen MR) is 82.6 cm³/mol. The Balaban J connectivity index is 1.19. The first-order valence-electron chi connectivity index (χ1n) is 9.37. The van der Waals surface area contributed by atoms with Crippen LogP contribution in [0.5, 0.6) is 0 Å². The van der Waals surface area contributed by atoms with Crippen LogP contribution in [-0.4, -0.2) is 12.2 Å². The van der Waals surface area contributed by atoms with Gasteiger partial charge in [0.2, 0.25) is 0 Å². The van der Waals surface area contributed by atoms with Gasteiger partial charge in [0.25, 0.3) is 0 Å². The van der Waals surface area contributed by atoms with E-state index in [1.165, 1.54) is 38.5 Å². The lowest BCUT2D eigenvalue weighted by atomic mass is 9.78. The molecule has 0 aromatic carbocycles. The maximum absolute atomic E-state index is 6.79. The molecule has 112 valence electrons. The maximum Gasteiger partial charge on any atom is 0.0615 e. The van der Waals surface area contributed by atoms with Crippen molar-refractivity contribution in [1.29, 1.82) is 0 Å². The molecule has 0 saturated heterocycles. The largest absolute Gasteiger partial charge is 0.374 e. The monoisotopic (exact) mass is 282 g/mol. The van der Waals surface area contributed by atoms with E-state index >= 15 is 0 Å². The smallest absolute Gasteiger partial charge is 0.0615 e. The minimum atomic E-state index is 0.608. The van der Waals surface area contributed by atoms with Gasteiger partial charge in [-0.15, -0.1) is 0 Å². The highest BCUT2D eigenvalue weighted by molar-refractivity contribution is 5.16. The minimum absolute atomic E-state index is 0.608. The number of hydrogen-bond donors (Lipinski definition) is 0. The van der Waals surface area contributed by atoms with E-state index in [9.17, 15) is 0 Å². The zero-order chi connectivity index (χ0) is 13.6. The van der Waals surface area contributed by atoms with Crippen molar-refractivity contribution in [3.8, 4) is 0 Å². The molecule has 0 aromatic heterocycles. The topological polar surface area (TPSA) is 9.23 Å². The van der Waals surface area contributed by atoms with Crippen LogP contribution in [0.3, 0.4) is 0 Å². The van der Waals surface area contributed by atoms with E-state index in [1.807, 2.05) is 0 Å². The Bertz CT molecular complexity index is 520. The van der Waals surface area contributed by atoms with Crippen molar-refractivity contribution in [2.45, 2.75) is 50.7 Å². The van der Waals surface area contributed by atoms with Crippen molar-refractivity contribution in [1.82, 2.24) is 0 Å². The van der Waals surface area contributed by atoms with Gasteiger partial charge in [-0.05, 0) is 85.9 Å². The Kier molecular flexibility index (Phi) is 2.30. The first-order valence-corrected chi connectivity index (χ1v) is 9.37. The Labute approximate surface area is 127 Å². The summed E-state index contributed by atoms with van der Waals surface area (Å²) in [7, 11) is 0. The van der Waals surface area contributed by atoms with Crippen LogP contribution in [0.15, 0.2) is 24.3 Å². The summed E-state index contributed by atoms with van der Waals surface area (Å²) in [6.45, 7) is 0. The van der Waals surface area contributed by atoms with Gasteiger partial charge >= 0.3 is 0 Å². The Morgan fingerprint density at radius 2 is 1.33 bits per heavy atom. The van der Waals surface area contributed by atoms with Crippen LogP contribution in [0.4, 0.5) is 0 Å². The molecular weight excluding hydrogens is 256 g/mol. The fraction of sp³-hybridized carbons (Fsp3) is 0.800. The van der Waals surface area contributed by atoms with Crippen LogP contribution in [0.2, 0.25) is 0 Å². The van der Waals surface area contributed by atoms with E-state index in [0.29, 0.717) is 12.2 Å². The average molecular weight is 282 g/mol. The minimum Gasteiger partial charge on any atom is -0.374 e. The van der Waals surface area contributed by atoms with Gasteiger partial charge in [0.05, 0.1) is 12.2 Å². The van der Waals surface area contributed by atoms with Gasteiger partial charge in [0, 0.05) is 0 Å². The second-order valence-electron chi connectivity index (χ2n) is 8.81. The highest BCUT2D eigenvalue weighted by Gasteiger charge is 2.57. The quantitative estimate of drug-likeness (QED) is 0.690. The van der Waals surface area contributed by atoms with Gasteiger partial charge in [0.1, 0.15) is 0 Å². The summed E-state index contributed by atoms with van der Waals surface area (Å²) in [6.07, 6.45) is 19.6. The summed E-state index contributed by atoms with van der Waals surface area (Å²) < 4.78 is 6.79. The molecule has 0 aromatic rings. The van der Waals surface area contributed by atoms with Crippen LogP contribution in [-0.2, 0) is 4.74 Å². The van der Waals surface area contributed by atoms with Crippen molar-refractivity contribution in [3.63, 3.8) is 0 Å². The van der Waals surface area contributed by atoms with Gasteiger partial charge in [-0.25, -0.2) is 0 Å². The fourth-order valence-corrected chi connectivity index (χ4v) is 7.52. The third kappa shape index (κ3) is 1.47. The van der Waals surface area contributed by atoms with E-state index in [-0.39, 0.29) is 0 Å². The molecule has 4 saturated carbocycles. The molecule has 6 aliphatic rings. The third-order valence-corrected chi connectivity index (χ3v) is 8.24. The van der Waals surface area contributed by atoms with Crippen LogP contribution in [0.25, 0.3) is 0 Å². The van der Waals surface area contributed by atoms with E-state index in [1.54, 1.807) is 0 Å². The van der Waals surface area contributed by atoms with Gasteiger partial charge in [-0.3, -0.25) is 0 Å². The number of allylic oxidation sites excluding steroid dienone is 4. The highest BCUT2D eigenvalue weighted by Crippen LogP contribution is 2.61. The van der Waals surface area contributed by atoms with Crippen molar-refractivity contribution < 1.29 is 4.74 Å². The molecule has 1 heteroatoms. The lowest BCUT2D eigenvalue weighted by Crippen LogP contribution is -2.38. The summed E-state index contributed by atoms with van der Waals surface area (Å²) in [5.41, 5.74) is 0. The van der Waals surface area contributed by atoms with Crippen LogP contribution >= 0.6 is 0 Å². The molecule has 4 fully saturated rings. The van der Waals surface area contributed by atoms with Crippen LogP contribution in [0, 0.1) is 47.3 Å². The molecule has 0 radical (unpaired) electrons. The SMILES string of the molecule is C1=CC2C(C1)C1CC(OC3CC4CC3C3CC=CC43)C2C1. The van der Waals surface area contributed by atoms with Gasteiger partial charge in [-0.1, -0.05) is 24.3 Å². The molecule has 6 aliphatic carbocycles. The molecule has 10 atom stereocenters. The van der Waals surface area contributed by atoms with E-state index < -0.39 is 0 Å². The molecule has 0 aliphatic heterocycles. The van der Waals surface area contributed by atoms with Crippen molar-refractivity contribution >= 4 is 0 Å². The molecule has 10 unspecified atom stereocenters. The number of rotatable bonds is 2. The Morgan fingerprint density at radius 1 is 0.619 bits per heavy atom. The number of fused-ring (bicyclic) bond motifs is 10. The molecule has 0 spiro atoms. The van der Waals surface area contributed by atoms with Crippen LogP contribution < -0.4 is 0 Å². The molecule has 6 rings (SSSR count). The molecule has 21 heavy (non-hydrogen) atoms. The Hall–Kier alpha value is -0.560. The highest BCUT2D eigenvalue weighted by atomic mass is 16.5. The van der Waals surface area contributed by atoms with Gasteiger partial charge in [-0.2, -0.15) is 0 Å². The van der Waals surface area contributed by atoms with Crippen LogP contribution in [0.1, 0.15) is 38.5 Å². The standard InChI is InChI=1S/C20H26O/c1-3-13-11-7-17(15(13)5-1)19(9-11)21-20-10-12-8-18(20)16-6-2-4-14(12)16/h1-3,6,11-20H,4-5,7-10H2. The van der Waals surface area contributed by atoms with Crippen molar-refractivity contribution in [2.75, 3.05) is 0 Å². The van der Waals surface area contributed by atoms with Gasteiger partial charge in [0.15, 0.2) is 0 Å². The summed E-state index contributed by atoms with van der Waals surface area (Å²) >= 11 is 0. The van der Waals surface area contributed by atoms with E-state index in [4.69, 9.17) is 4.74 Å². The lowest BCUT2D eigenvalue weighted by Gasteiger charge is -2.37. The summed E-state index contributed by atoms with van der Waals surface area (Å²) in [6, 6.07) is 0. The number of ether oxygens (including phenoxy) is 1. The van der Waals surface area contributed by atoms with Crippen molar-refractivity contribution in [3.05, 3.63) is 24.3 Å². The molecule has 0 N–H and O–H groups in total. The first kappa shape index (κ1) is 11.9. The van der Waals surface area contributed by atoms with Gasteiger partial charge < -0.3 is 4.74 Å². The maximum atomic E-state index is 6.79. The molecule has 4 bridgehead atoms. The lowest BCUT2D eigenvalue weighted by molar-refractivity contribution is -0.0862. The predicted octanol–water partition coefficient (Wildman–Crippen LogP) is 4.20. The number of hydrogen-bond acceptors (Lipinski definition) is 1. The second-order valence-corrected chi connectivity index (χ2v) is 8.81. The summed E-state index contributed by atoms with van der Waals surface area (Å²) in [4.78, 5) is 0. The van der Waals surface area contributed by atoms with E-state index in [0.717, 1.165) is 47.3 Å². The van der Waals surface area contributed by atoms with E-state index in [2.05, 4.69) is 24.3 Å². The summed E-state index contributed by atoms with van der Waals surface area (Å²) in [5, 5.41) is 0. The zero-order valence-corrected chi connectivity index (χ0v) is 12.7. The summed E-state index contributed by atoms with van der Waals surface area (Å²) in [5.74, 6) is 7.47. The third-order valence-electron chi connectivity index (χ3n) is 8.24. The fourth-order valence-electron chi connectivity index (χ4n) is 7.52. The molecule has 0 amide bonds. The molecule has 0 heterocycles. The zero-order valence-electron chi connectivity index (χ0n) is 12.7. The Morgan fingerprint density at radius 3 is 2.29 bits per heavy atom.